The van der Waals surface area contributed by atoms with Crippen LogP contribution < -0.4 is 10.6 Å². The molecule has 29 heavy (non-hydrogen) atoms. The number of hydrogen-bond donors (Lipinski definition) is 2. The lowest BCUT2D eigenvalue weighted by Crippen LogP contribution is -2.66. The van der Waals surface area contributed by atoms with E-state index >= 15 is 0 Å². The van der Waals surface area contributed by atoms with E-state index in [0.717, 1.165) is 45.2 Å². The van der Waals surface area contributed by atoms with Crippen LogP contribution in [0.4, 0.5) is 0 Å². The monoisotopic (exact) mass is 417 g/mol. The van der Waals surface area contributed by atoms with Crippen molar-refractivity contribution in [3.63, 3.8) is 0 Å². The molecular weight excluding hydrogens is 382 g/mol. The normalized spacial score (nSPS) is 33.7. The summed E-state index contributed by atoms with van der Waals surface area (Å²) < 4.78 is 0. The van der Waals surface area contributed by atoms with Gasteiger partial charge < -0.3 is 10.6 Å². The number of hydrogen-bond acceptors (Lipinski definition) is 4. The van der Waals surface area contributed by atoms with Crippen LogP contribution in [0.3, 0.4) is 0 Å². The van der Waals surface area contributed by atoms with Gasteiger partial charge in [0.1, 0.15) is 0 Å². The van der Waals surface area contributed by atoms with E-state index in [1.54, 1.807) is 18.3 Å². The van der Waals surface area contributed by atoms with Gasteiger partial charge in [0.05, 0.1) is 11.5 Å². The Kier molecular flexibility index (Phi) is 5.77. The zero-order chi connectivity index (χ0) is 20.6. The molecule has 4 aliphatic carbocycles. The maximum Gasteiger partial charge on any atom is 0.226 e. The standard InChI is InChI=1S/C23H35N3O2S/c1-4-26(5-2)20(19-6-7-29-14-19)13-24-21(28)22-9-17-8-18(10-22)12-23(11-17,15-22)25-16(3)27/h6-7,14,17-18,20H,4-5,8-13,15H2,1-3H3,(H,24,28)(H,25,27). The van der Waals surface area contributed by atoms with E-state index in [4.69, 9.17) is 0 Å². The summed E-state index contributed by atoms with van der Waals surface area (Å²) in [4.78, 5) is 27.8. The van der Waals surface area contributed by atoms with E-state index in [0.29, 0.717) is 18.4 Å². The van der Waals surface area contributed by atoms with Gasteiger partial charge in [-0.25, -0.2) is 0 Å². The molecule has 5 rings (SSSR count). The maximum absolute atomic E-state index is 13.6. The average Bonchev–Trinajstić information content (AvgIpc) is 3.17. The summed E-state index contributed by atoms with van der Waals surface area (Å²) in [5, 5.41) is 10.9. The van der Waals surface area contributed by atoms with Gasteiger partial charge in [-0.1, -0.05) is 13.8 Å². The number of nitrogens with one attached hydrogen (secondary N) is 2. The highest BCUT2D eigenvalue weighted by Gasteiger charge is 2.60. The second kappa shape index (κ2) is 8.03. The summed E-state index contributed by atoms with van der Waals surface area (Å²) >= 11 is 1.71. The van der Waals surface area contributed by atoms with Gasteiger partial charge in [0, 0.05) is 19.0 Å². The van der Waals surface area contributed by atoms with E-state index in [9.17, 15) is 9.59 Å². The first-order valence-corrected chi connectivity index (χ1v) is 12.2. The zero-order valence-electron chi connectivity index (χ0n) is 18.0. The second-order valence-electron chi connectivity index (χ2n) is 9.71. The minimum absolute atomic E-state index is 0.0431. The summed E-state index contributed by atoms with van der Waals surface area (Å²) in [7, 11) is 0. The molecule has 0 aliphatic heterocycles. The van der Waals surface area contributed by atoms with Crippen LogP contribution in [-0.2, 0) is 9.59 Å². The predicted molar refractivity (Wildman–Crippen MR) is 117 cm³/mol. The molecule has 3 atom stereocenters. The molecule has 5 nitrogen and oxygen atoms in total. The molecule has 4 bridgehead atoms. The molecule has 1 aromatic heterocycles. The number of amides is 2. The average molecular weight is 418 g/mol. The number of carbonyl (C=O) groups excluding carboxylic acids is 2. The fourth-order valence-electron chi connectivity index (χ4n) is 7.01. The van der Waals surface area contributed by atoms with Crippen molar-refractivity contribution in [2.75, 3.05) is 19.6 Å². The van der Waals surface area contributed by atoms with E-state index in [2.05, 4.69) is 46.2 Å². The number of thiophene rings is 1. The second-order valence-corrected chi connectivity index (χ2v) is 10.5. The van der Waals surface area contributed by atoms with Gasteiger partial charge in [0.2, 0.25) is 11.8 Å². The van der Waals surface area contributed by atoms with E-state index in [1.807, 2.05) is 0 Å². The van der Waals surface area contributed by atoms with E-state index in [-0.39, 0.29) is 28.8 Å². The third-order valence-electron chi connectivity index (χ3n) is 7.62. The smallest absolute Gasteiger partial charge is 0.226 e. The highest BCUT2D eigenvalue weighted by Crippen LogP contribution is 2.61. The molecule has 4 fully saturated rings. The molecule has 3 unspecified atom stereocenters. The van der Waals surface area contributed by atoms with Crippen molar-refractivity contribution in [1.82, 2.24) is 15.5 Å². The fourth-order valence-corrected chi connectivity index (χ4v) is 7.72. The summed E-state index contributed by atoms with van der Waals surface area (Å²) in [6.07, 6.45) is 6.13. The fraction of sp³-hybridized carbons (Fsp3) is 0.739. The van der Waals surface area contributed by atoms with Gasteiger partial charge in [-0.2, -0.15) is 11.3 Å². The minimum atomic E-state index is -0.297. The van der Waals surface area contributed by atoms with Crippen molar-refractivity contribution >= 4 is 23.2 Å². The molecule has 2 N–H and O–H groups in total. The summed E-state index contributed by atoms with van der Waals surface area (Å²) in [6.45, 7) is 8.56. The first kappa shape index (κ1) is 20.9. The lowest BCUT2D eigenvalue weighted by molar-refractivity contribution is -0.153. The summed E-state index contributed by atoms with van der Waals surface area (Å²) in [5.74, 6) is 1.41. The Morgan fingerprint density at radius 1 is 1.21 bits per heavy atom. The summed E-state index contributed by atoms with van der Waals surface area (Å²) in [6, 6.07) is 2.40. The van der Waals surface area contributed by atoms with Crippen molar-refractivity contribution in [2.45, 2.75) is 70.9 Å². The number of rotatable bonds is 8. The van der Waals surface area contributed by atoms with Crippen molar-refractivity contribution in [1.29, 1.82) is 0 Å². The quantitative estimate of drug-likeness (QED) is 0.678. The van der Waals surface area contributed by atoms with Crippen molar-refractivity contribution in [3.8, 4) is 0 Å². The number of likely N-dealkylation sites (N-methyl/N-ethyl adjacent to an activating group) is 1. The van der Waals surface area contributed by atoms with Crippen LogP contribution in [0.5, 0.6) is 0 Å². The van der Waals surface area contributed by atoms with Crippen LogP contribution in [0, 0.1) is 17.3 Å². The topological polar surface area (TPSA) is 61.4 Å². The van der Waals surface area contributed by atoms with Crippen molar-refractivity contribution in [3.05, 3.63) is 22.4 Å². The Morgan fingerprint density at radius 2 is 1.90 bits per heavy atom. The number of nitrogens with zero attached hydrogens (tertiary/aromatic N) is 1. The Morgan fingerprint density at radius 3 is 2.45 bits per heavy atom. The van der Waals surface area contributed by atoms with Gasteiger partial charge in [-0.15, -0.1) is 0 Å². The van der Waals surface area contributed by atoms with Crippen LogP contribution in [0.2, 0.25) is 0 Å². The van der Waals surface area contributed by atoms with Gasteiger partial charge in [0.15, 0.2) is 0 Å². The van der Waals surface area contributed by atoms with Gasteiger partial charge in [-0.3, -0.25) is 14.5 Å². The highest BCUT2D eigenvalue weighted by atomic mass is 32.1. The maximum atomic E-state index is 13.6. The van der Waals surface area contributed by atoms with E-state index in [1.165, 1.54) is 12.0 Å². The molecule has 0 radical (unpaired) electrons. The molecule has 4 aliphatic rings. The lowest BCUT2D eigenvalue weighted by Gasteiger charge is -2.61. The largest absolute Gasteiger partial charge is 0.354 e. The van der Waals surface area contributed by atoms with Crippen LogP contribution in [0.15, 0.2) is 16.8 Å². The molecule has 1 heterocycles. The first-order chi connectivity index (χ1) is 13.9. The van der Waals surface area contributed by atoms with Crippen LogP contribution in [0.1, 0.15) is 70.9 Å². The molecule has 1 aromatic rings. The zero-order valence-corrected chi connectivity index (χ0v) is 18.8. The lowest BCUT2D eigenvalue weighted by atomic mass is 9.46. The first-order valence-electron chi connectivity index (χ1n) is 11.2. The van der Waals surface area contributed by atoms with Crippen LogP contribution in [-0.4, -0.2) is 41.9 Å². The SMILES string of the molecule is CCN(CC)C(CNC(=O)C12CC3CC(CC(NC(C)=O)(C3)C1)C2)c1ccsc1. The van der Waals surface area contributed by atoms with E-state index < -0.39 is 0 Å². The molecule has 2 amide bonds. The van der Waals surface area contributed by atoms with Gasteiger partial charge in [-0.05, 0) is 85.8 Å². The highest BCUT2D eigenvalue weighted by molar-refractivity contribution is 7.07. The molecular formula is C23H35N3O2S. The van der Waals surface area contributed by atoms with Crippen molar-refractivity contribution in [2.24, 2.45) is 17.3 Å². The molecule has 6 heteroatoms. The third-order valence-corrected chi connectivity index (χ3v) is 8.32. The molecule has 4 saturated carbocycles. The molecule has 160 valence electrons. The molecule has 0 spiro atoms. The summed E-state index contributed by atoms with van der Waals surface area (Å²) in [5.41, 5.74) is 0.840. The Hall–Kier alpha value is -1.40. The predicted octanol–water partition coefficient (Wildman–Crippen LogP) is 3.72. The van der Waals surface area contributed by atoms with Crippen molar-refractivity contribution < 1.29 is 9.59 Å². The minimum Gasteiger partial charge on any atom is -0.354 e. The van der Waals surface area contributed by atoms with Crippen LogP contribution in [0.25, 0.3) is 0 Å². The number of carbonyl (C=O) groups is 2. The molecule has 0 saturated heterocycles. The Bertz CT molecular complexity index is 729. The van der Waals surface area contributed by atoms with Crippen LogP contribution >= 0.6 is 11.3 Å². The third kappa shape index (κ3) is 3.98. The van der Waals surface area contributed by atoms with Gasteiger partial charge in [0.25, 0.3) is 0 Å². The Labute approximate surface area is 178 Å². The van der Waals surface area contributed by atoms with Gasteiger partial charge >= 0.3 is 0 Å². The molecule has 0 aromatic carbocycles. The Balaban J connectivity index is 1.49.